The molecular weight excluding hydrogens is 517 g/mol. The van der Waals surface area contributed by atoms with E-state index in [1.54, 1.807) is 41.4 Å². The number of carbonyl (C=O) groups is 2. The Morgan fingerprint density at radius 3 is 2.42 bits per heavy atom. The third-order valence-electron chi connectivity index (χ3n) is 6.88. The van der Waals surface area contributed by atoms with Gasteiger partial charge in [0, 0.05) is 55.2 Å². The average molecular weight is 545 g/mol. The monoisotopic (exact) mass is 544 g/mol. The van der Waals surface area contributed by atoms with Gasteiger partial charge < -0.3 is 15.1 Å². The van der Waals surface area contributed by atoms with E-state index < -0.39 is 11.7 Å². The van der Waals surface area contributed by atoms with Crippen LogP contribution in [0, 0.1) is 0 Å². The molecule has 1 aliphatic heterocycles. The summed E-state index contributed by atoms with van der Waals surface area (Å²) in [6, 6.07) is 20.9. The molecule has 0 saturated heterocycles. The molecule has 0 saturated carbocycles. The minimum absolute atomic E-state index is 0.0450. The van der Waals surface area contributed by atoms with E-state index in [4.69, 9.17) is 0 Å². The summed E-state index contributed by atoms with van der Waals surface area (Å²) in [7, 11) is 3.70. The summed E-state index contributed by atoms with van der Waals surface area (Å²) in [5.74, 6) is -0.433. The Kier molecular flexibility index (Phi) is 7.30. The molecule has 0 bridgehead atoms. The van der Waals surface area contributed by atoms with Crippen LogP contribution < -0.4 is 15.1 Å². The van der Waals surface area contributed by atoms with Crippen molar-refractivity contribution < 1.29 is 22.8 Å². The van der Waals surface area contributed by atoms with Crippen molar-refractivity contribution in [3.8, 4) is 11.1 Å². The third kappa shape index (κ3) is 5.68. The lowest BCUT2D eigenvalue weighted by molar-refractivity contribution is -0.137. The molecule has 2 amide bonds. The van der Waals surface area contributed by atoms with Crippen LogP contribution in [0.2, 0.25) is 0 Å². The Labute approximate surface area is 230 Å². The van der Waals surface area contributed by atoms with E-state index in [-0.39, 0.29) is 18.2 Å². The van der Waals surface area contributed by atoms with Gasteiger partial charge in [-0.25, -0.2) is 0 Å². The van der Waals surface area contributed by atoms with Crippen LogP contribution in [0.1, 0.15) is 27.2 Å². The van der Waals surface area contributed by atoms with E-state index in [0.717, 1.165) is 29.1 Å². The summed E-state index contributed by atoms with van der Waals surface area (Å²) in [5.41, 5.74) is 4.42. The first-order valence-electron chi connectivity index (χ1n) is 12.7. The van der Waals surface area contributed by atoms with Crippen LogP contribution in [0.4, 0.5) is 30.2 Å². The zero-order valence-electron chi connectivity index (χ0n) is 22.0. The number of carbonyl (C=O) groups excluding carboxylic acids is 2. The lowest BCUT2D eigenvalue weighted by atomic mass is 9.97. The Hall–Kier alpha value is -4.66. The largest absolute Gasteiger partial charge is 0.416 e. The zero-order valence-corrected chi connectivity index (χ0v) is 22.0. The fourth-order valence-corrected chi connectivity index (χ4v) is 4.78. The number of anilines is 3. The second-order valence-electron chi connectivity index (χ2n) is 9.79. The van der Waals surface area contributed by atoms with Crippen LogP contribution in [0.15, 0.2) is 85.1 Å². The second kappa shape index (κ2) is 10.8. The maximum atomic E-state index is 13.4. The molecule has 0 unspecified atom stereocenters. The van der Waals surface area contributed by atoms with Crippen molar-refractivity contribution in [1.29, 1.82) is 0 Å². The SMILES string of the molecule is CN(C)c1ccc(C(=O)Nc2ccc3c(c2)CCN3C(=O)Cc2ccccn2)c(-c2ccc(C(F)(F)F)cc2)c1. The number of alkyl halides is 3. The zero-order chi connectivity index (χ0) is 28.4. The molecular formula is C31H27F3N4O2. The van der Waals surface area contributed by atoms with E-state index in [1.165, 1.54) is 12.1 Å². The lowest BCUT2D eigenvalue weighted by Gasteiger charge is -2.18. The van der Waals surface area contributed by atoms with Gasteiger partial charge in [0.15, 0.2) is 0 Å². The predicted octanol–water partition coefficient (Wildman–Crippen LogP) is 6.22. The third-order valence-corrected chi connectivity index (χ3v) is 6.88. The van der Waals surface area contributed by atoms with Crippen molar-refractivity contribution in [2.75, 3.05) is 35.8 Å². The number of hydrogen-bond acceptors (Lipinski definition) is 4. The predicted molar refractivity (Wildman–Crippen MR) is 150 cm³/mol. The molecule has 6 nitrogen and oxygen atoms in total. The van der Waals surface area contributed by atoms with Crippen LogP contribution >= 0.6 is 0 Å². The molecule has 2 heterocycles. The molecule has 3 aromatic carbocycles. The fraction of sp³-hybridized carbons (Fsp3) is 0.194. The summed E-state index contributed by atoms with van der Waals surface area (Å²) in [4.78, 5) is 34.1. The highest BCUT2D eigenvalue weighted by Gasteiger charge is 2.30. The van der Waals surface area contributed by atoms with E-state index in [1.807, 2.05) is 43.3 Å². The molecule has 0 spiro atoms. The Morgan fingerprint density at radius 1 is 0.975 bits per heavy atom. The van der Waals surface area contributed by atoms with E-state index in [9.17, 15) is 22.8 Å². The standard InChI is InChI=1S/C31H27F3N4O2/c1-37(2)25-11-12-26(27(19-25)20-6-8-22(9-7-20)31(32,33)34)30(40)36-24-10-13-28-21(17-24)14-16-38(28)29(39)18-23-5-3-4-15-35-23/h3-13,15,17,19H,14,16,18H2,1-2H3,(H,36,40). The second-order valence-corrected chi connectivity index (χ2v) is 9.79. The summed E-state index contributed by atoms with van der Waals surface area (Å²) < 4.78 is 39.3. The highest BCUT2D eigenvalue weighted by Crippen LogP contribution is 2.34. The van der Waals surface area contributed by atoms with Crippen molar-refractivity contribution in [1.82, 2.24) is 4.98 Å². The molecule has 0 radical (unpaired) electrons. The maximum Gasteiger partial charge on any atom is 0.416 e. The van der Waals surface area contributed by atoms with Crippen molar-refractivity contribution in [3.05, 3.63) is 107 Å². The fourth-order valence-electron chi connectivity index (χ4n) is 4.78. The van der Waals surface area contributed by atoms with Crippen LogP contribution in [-0.4, -0.2) is 37.4 Å². The van der Waals surface area contributed by atoms with Crippen LogP contribution in [0.3, 0.4) is 0 Å². The minimum Gasteiger partial charge on any atom is -0.378 e. The van der Waals surface area contributed by atoms with E-state index in [2.05, 4.69) is 10.3 Å². The molecule has 9 heteroatoms. The highest BCUT2D eigenvalue weighted by atomic mass is 19.4. The minimum atomic E-state index is -4.45. The van der Waals surface area contributed by atoms with Gasteiger partial charge in [0.05, 0.1) is 12.0 Å². The molecule has 204 valence electrons. The van der Waals surface area contributed by atoms with Crippen molar-refractivity contribution in [3.63, 3.8) is 0 Å². The summed E-state index contributed by atoms with van der Waals surface area (Å²) in [6.07, 6.45) is -1.93. The molecule has 0 aliphatic carbocycles. The molecule has 40 heavy (non-hydrogen) atoms. The quantitative estimate of drug-likeness (QED) is 0.313. The Bertz CT molecular complexity index is 1550. The van der Waals surface area contributed by atoms with E-state index in [0.29, 0.717) is 41.0 Å². The first-order chi connectivity index (χ1) is 19.1. The molecule has 0 atom stereocenters. The summed E-state index contributed by atoms with van der Waals surface area (Å²) in [6.45, 7) is 0.544. The Balaban J connectivity index is 1.38. The number of nitrogens with one attached hydrogen (secondary N) is 1. The van der Waals surface area contributed by atoms with Crippen molar-refractivity contribution >= 4 is 28.9 Å². The van der Waals surface area contributed by atoms with E-state index >= 15 is 0 Å². The molecule has 1 aliphatic rings. The van der Waals surface area contributed by atoms with Gasteiger partial charge in [-0.05, 0) is 83.8 Å². The number of rotatable bonds is 6. The van der Waals surface area contributed by atoms with Crippen LogP contribution in [0.5, 0.6) is 0 Å². The van der Waals surface area contributed by atoms with Gasteiger partial charge in [0.25, 0.3) is 5.91 Å². The number of nitrogens with zero attached hydrogens (tertiary/aromatic N) is 3. The number of hydrogen-bond donors (Lipinski definition) is 1. The lowest BCUT2D eigenvalue weighted by Crippen LogP contribution is -2.30. The maximum absolute atomic E-state index is 13.4. The summed E-state index contributed by atoms with van der Waals surface area (Å²) in [5, 5.41) is 2.92. The van der Waals surface area contributed by atoms with Crippen molar-refractivity contribution in [2.45, 2.75) is 19.0 Å². The van der Waals surface area contributed by atoms with Gasteiger partial charge >= 0.3 is 6.18 Å². The number of benzene rings is 3. The molecule has 1 aromatic heterocycles. The normalized spacial score (nSPS) is 12.7. The van der Waals surface area contributed by atoms with Gasteiger partial charge in [0.2, 0.25) is 5.91 Å². The average Bonchev–Trinajstić information content (AvgIpc) is 3.36. The first-order valence-corrected chi connectivity index (χ1v) is 12.7. The van der Waals surface area contributed by atoms with Gasteiger partial charge in [-0.15, -0.1) is 0 Å². The smallest absolute Gasteiger partial charge is 0.378 e. The van der Waals surface area contributed by atoms with Gasteiger partial charge in [-0.3, -0.25) is 14.6 Å². The molecule has 4 aromatic rings. The number of halogens is 3. The molecule has 0 fully saturated rings. The van der Waals surface area contributed by atoms with Crippen LogP contribution in [0.25, 0.3) is 11.1 Å². The first kappa shape index (κ1) is 26.9. The molecule has 1 N–H and O–H groups in total. The highest BCUT2D eigenvalue weighted by molar-refractivity contribution is 6.09. The Morgan fingerprint density at radius 2 is 1.75 bits per heavy atom. The van der Waals surface area contributed by atoms with Crippen LogP contribution in [-0.2, 0) is 23.8 Å². The number of amides is 2. The molecule has 5 rings (SSSR count). The number of pyridine rings is 1. The van der Waals surface area contributed by atoms with Crippen molar-refractivity contribution in [2.24, 2.45) is 0 Å². The van der Waals surface area contributed by atoms with Gasteiger partial charge in [0.1, 0.15) is 0 Å². The number of fused-ring (bicyclic) bond motifs is 1. The van der Waals surface area contributed by atoms with Gasteiger partial charge in [-0.1, -0.05) is 18.2 Å². The van der Waals surface area contributed by atoms with Gasteiger partial charge in [-0.2, -0.15) is 13.2 Å². The topological polar surface area (TPSA) is 65.5 Å². The summed E-state index contributed by atoms with van der Waals surface area (Å²) >= 11 is 0. The number of aromatic nitrogens is 1.